The van der Waals surface area contributed by atoms with Crippen molar-refractivity contribution in [3.8, 4) is 11.1 Å². The van der Waals surface area contributed by atoms with E-state index in [4.69, 9.17) is 11.6 Å². The summed E-state index contributed by atoms with van der Waals surface area (Å²) in [7, 11) is 0. The summed E-state index contributed by atoms with van der Waals surface area (Å²) in [5, 5.41) is 9.76. The Morgan fingerprint density at radius 1 is 1.03 bits per heavy atom. The number of carbonyl (C=O) groups is 2. The van der Waals surface area contributed by atoms with Gasteiger partial charge in [0.25, 0.3) is 0 Å². The molecule has 2 aromatic carbocycles. The average molecular weight is 523 g/mol. The minimum Gasteiger partial charge on any atom is -0.478 e. The highest BCUT2D eigenvalue weighted by molar-refractivity contribution is 6.31. The number of benzene rings is 2. The fourth-order valence-electron chi connectivity index (χ4n) is 5.23. The van der Waals surface area contributed by atoms with Crippen LogP contribution in [0.3, 0.4) is 0 Å². The number of aromatic carboxylic acids is 1. The molecule has 0 bridgehead atoms. The zero-order chi connectivity index (χ0) is 26.5. The van der Waals surface area contributed by atoms with Crippen molar-refractivity contribution in [3.63, 3.8) is 0 Å². The second-order valence-corrected chi connectivity index (χ2v) is 10.9. The van der Waals surface area contributed by atoms with Crippen molar-refractivity contribution >= 4 is 23.5 Å². The van der Waals surface area contributed by atoms with Crippen LogP contribution < -0.4 is 5.69 Å². The Kier molecular flexibility index (Phi) is 8.70. The van der Waals surface area contributed by atoms with E-state index in [1.807, 2.05) is 30.3 Å². The highest BCUT2D eigenvalue weighted by Crippen LogP contribution is 2.28. The van der Waals surface area contributed by atoms with E-state index in [0.717, 1.165) is 43.2 Å². The molecule has 1 aliphatic carbocycles. The van der Waals surface area contributed by atoms with Crippen molar-refractivity contribution in [2.45, 2.75) is 71.8 Å². The molecule has 0 aliphatic heterocycles. The van der Waals surface area contributed by atoms with Crippen LogP contribution in [-0.4, -0.2) is 26.1 Å². The number of nitrogens with zero attached hydrogens (tertiary/aromatic N) is 2. The van der Waals surface area contributed by atoms with Gasteiger partial charge in [-0.2, -0.15) is 0 Å². The molecule has 7 heteroatoms. The summed E-state index contributed by atoms with van der Waals surface area (Å²) in [6.07, 6.45) is 7.34. The summed E-state index contributed by atoms with van der Waals surface area (Å²) in [6.45, 7) is 4.53. The van der Waals surface area contributed by atoms with Gasteiger partial charge in [-0.05, 0) is 60.3 Å². The predicted molar refractivity (Wildman–Crippen MR) is 147 cm³/mol. The molecule has 0 radical (unpaired) electrons. The molecule has 1 aromatic heterocycles. The van der Waals surface area contributed by atoms with Gasteiger partial charge in [0.2, 0.25) is 5.91 Å². The molecule has 0 saturated heterocycles. The van der Waals surface area contributed by atoms with Crippen LogP contribution in [0.15, 0.2) is 53.3 Å². The number of carbonyl (C=O) groups excluding carboxylic acids is 1. The molecule has 196 valence electrons. The van der Waals surface area contributed by atoms with Crippen molar-refractivity contribution in [3.05, 3.63) is 81.0 Å². The first kappa shape index (κ1) is 26.9. The van der Waals surface area contributed by atoms with Crippen molar-refractivity contribution in [2.75, 3.05) is 0 Å². The van der Waals surface area contributed by atoms with Crippen LogP contribution in [0.2, 0.25) is 5.15 Å². The Labute approximate surface area is 222 Å². The molecule has 1 saturated carbocycles. The number of hydrogen-bond donors (Lipinski definition) is 1. The van der Waals surface area contributed by atoms with Gasteiger partial charge in [0, 0.05) is 6.42 Å². The van der Waals surface area contributed by atoms with Crippen molar-refractivity contribution in [2.24, 2.45) is 11.8 Å². The monoisotopic (exact) mass is 522 g/mol. The van der Waals surface area contributed by atoms with Crippen LogP contribution in [0.25, 0.3) is 11.1 Å². The maximum atomic E-state index is 13.5. The predicted octanol–water partition coefficient (Wildman–Crippen LogP) is 6.92. The number of halogens is 1. The number of carboxylic acid groups (broad SMARTS) is 1. The maximum absolute atomic E-state index is 13.5. The van der Waals surface area contributed by atoms with Gasteiger partial charge in [-0.25, -0.2) is 14.2 Å². The van der Waals surface area contributed by atoms with Gasteiger partial charge in [0.1, 0.15) is 5.15 Å². The smallest absolute Gasteiger partial charge is 0.336 e. The standard InChI is InChI=1S/C30H35ClN2O4/c1-20(2)12-17-26-28(31)33(27(34)18-21-8-4-3-5-9-21)30(37)32(26)19-22-13-15-23(16-14-22)24-10-6-7-11-25(24)29(35)36/h6-7,10-11,13-16,20-21H,3-5,8-9,12,17-19H2,1-2H3,(H,35,36). The molecular formula is C30H35ClN2O4. The van der Waals surface area contributed by atoms with E-state index in [2.05, 4.69) is 13.8 Å². The molecular weight excluding hydrogens is 488 g/mol. The van der Waals surface area contributed by atoms with Crippen LogP contribution in [0.4, 0.5) is 0 Å². The fraction of sp³-hybridized carbons (Fsp3) is 0.433. The maximum Gasteiger partial charge on any atom is 0.336 e. The molecule has 6 nitrogen and oxygen atoms in total. The van der Waals surface area contributed by atoms with Gasteiger partial charge in [0.05, 0.1) is 17.8 Å². The second kappa shape index (κ2) is 12.0. The van der Waals surface area contributed by atoms with Crippen LogP contribution >= 0.6 is 11.6 Å². The van der Waals surface area contributed by atoms with Gasteiger partial charge >= 0.3 is 11.7 Å². The van der Waals surface area contributed by atoms with E-state index in [1.165, 1.54) is 11.0 Å². The summed E-state index contributed by atoms with van der Waals surface area (Å²) >= 11 is 6.72. The number of imidazole rings is 1. The summed E-state index contributed by atoms with van der Waals surface area (Å²) in [5.74, 6) is -0.454. The number of aromatic nitrogens is 2. The van der Waals surface area contributed by atoms with E-state index < -0.39 is 5.97 Å². The van der Waals surface area contributed by atoms with E-state index >= 15 is 0 Å². The Balaban J connectivity index is 1.63. The third kappa shape index (κ3) is 6.24. The lowest BCUT2D eigenvalue weighted by molar-refractivity contribution is 0.0697. The fourth-order valence-corrected chi connectivity index (χ4v) is 5.59. The number of hydrogen-bond acceptors (Lipinski definition) is 3. The zero-order valence-electron chi connectivity index (χ0n) is 21.6. The normalized spacial score (nSPS) is 14.3. The van der Waals surface area contributed by atoms with Crippen LogP contribution in [0.1, 0.15) is 85.2 Å². The number of carboxylic acids is 1. The first-order valence-corrected chi connectivity index (χ1v) is 13.6. The largest absolute Gasteiger partial charge is 0.478 e. The highest BCUT2D eigenvalue weighted by atomic mass is 35.5. The molecule has 1 aliphatic rings. The third-order valence-corrected chi connectivity index (χ3v) is 7.73. The Hall–Kier alpha value is -3.12. The minimum absolute atomic E-state index is 0.216. The van der Waals surface area contributed by atoms with E-state index in [-0.39, 0.29) is 28.9 Å². The topological polar surface area (TPSA) is 81.3 Å². The molecule has 0 amide bonds. The average Bonchev–Trinajstić information content (AvgIpc) is 3.12. The Morgan fingerprint density at radius 2 is 1.70 bits per heavy atom. The van der Waals surface area contributed by atoms with Gasteiger partial charge in [0.15, 0.2) is 0 Å². The lowest BCUT2D eigenvalue weighted by Crippen LogP contribution is -2.31. The van der Waals surface area contributed by atoms with E-state index in [9.17, 15) is 19.5 Å². The van der Waals surface area contributed by atoms with Gasteiger partial charge in [-0.15, -0.1) is 0 Å². The summed E-state index contributed by atoms with van der Waals surface area (Å²) in [5.41, 5.74) is 2.84. The summed E-state index contributed by atoms with van der Waals surface area (Å²) in [4.78, 5) is 38.3. The van der Waals surface area contributed by atoms with Crippen LogP contribution in [0.5, 0.6) is 0 Å². The molecule has 1 fully saturated rings. The molecule has 0 unspecified atom stereocenters. The first-order chi connectivity index (χ1) is 17.8. The lowest BCUT2D eigenvalue weighted by Gasteiger charge is -2.20. The van der Waals surface area contributed by atoms with Crippen LogP contribution in [0, 0.1) is 11.8 Å². The second-order valence-electron chi connectivity index (χ2n) is 10.5. The number of rotatable bonds is 9. The summed E-state index contributed by atoms with van der Waals surface area (Å²) in [6, 6.07) is 14.4. The Bertz CT molecular complexity index is 1310. The zero-order valence-corrected chi connectivity index (χ0v) is 22.3. The van der Waals surface area contributed by atoms with Gasteiger partial charge in [-0.3, -0.25) is 9.36 Å². The van der Waals surface area contributed by atoms with E-state index in [1.54, 1.807) is 22.8 Å². The van der Waals surface area contributed by atoms with Gasteiger partial charge < -0.3 is 5.11 Å². The molecule has 3 aromatic rings. The van der Waals surface area contributed by atoms with Crippen molar-refractivity contribution < 1.29 is 14.7 Å². The minimum atomic E-state index is -0.977. The molecule has 4 rings (SSSR count). The first-order valence-electron chi connectivity index (χ1n) is 13.2. The lowest BCUT2D eigenvalue weighted by atomic mass is 9.87. The molecule has 37 heavy (non-hydrogen) atoms. The molecule has 1 N–H and O–H groups in total. The van der Waals surface area contributed by atoms with E-state index in [0.29, 0.717) is 35.9 Å². The van der Waals surface area contributed by atoms with Crippen LogP contribution in [-0.2, 0) is 13.0 Å². The molecule has 0 spiro atoms. The SMILES string of the molecule is CC(C)CCc1c(Cl)n(C(=O)CC2CCCCC2)c(=O)n1Cc1ccc(-c2ccccc2C(=O)O)cc1. The quantitative estimate of drug-likeness (QED) is 0.331. The Morgan fingerprint density at radius 3 is 2.35 bits per heavy atom. The molecule has 1 heterocycles. The summed E-state index contributed by atoms with van der Waals surface area (Å²) < 4.78 is 2.81. The molecule has 0 atom stereocenters. The third-order valence-electron chi connectivity index (χ3n) is 7.34. The van der Waals surface area contributed by atoms with Gasteiger partial charge in [-0.1, -0.05) is 87.2 Å². The highest BCUT2D eigenvalue weighted by Gasteiger charge is 2.26. The van der Waals surface area contributed by atoms with Crippen molar-refractivity contribution in [1.29, 1.82) is 0 Å². The van der Waals surface area contributed by atoms with Crippen molar-refractivity contribution in [1.82, 2.24) is 9.13 Å².